The van der Waals surface area contributed by atoms with Crippen molar-refractivity contribution < 1.29 is 18.8 Å². The van der Waals surface area contributed by atoms with Crippen LogP contribution in [-0.4, -0.2) is 40.0 Å². The minimum atomic E-state index is -0.362. The normalized spacial score (nSPS) is 15.4. The Hall–Kier alpha value is -3.39. The summed E-state index contributed by atoms with van der Waals surface area (Å²) in [6, 6.07) is 9.40. The first kappa shape index (κ1) is 19.9. The highest BCUT2D eigenvalue weighted by Gasteiger charge is 2.34. The number of rotatable bonds is 6. The number of pyridine rings is 1. The summed E-state index contributed by atoms with van der Waals surface area (Å²) in [4.78, 5) is 42.5. The van der Waals surface area contributed by atoms with Crippen molar-refractivity contribution >= 4 is 45.9 Å². The van der Waals surface area contributed by atoms with Gasteiger partial charge in [-0.25, -0.2) is 0 Å². The van der Waals surface area contributed by atoms with Gasteiger partial charge in [0.2, 0.25) is 5.91 Å². The smallest absolute Gasteiger partial charge is 0.293 e. The first-order chi connectivity index (χ1) is 14.5. The average Bonchev–Trinajstić information content (AvgIpc) is 3.23. The van der Waals surface area contributed by atoms with Gasteiger partial charge in [0.15, 0.2) is 0 Å². The van der Waals surface area contributed by atoms with E-state index in [9.17, 15) is 14.4 Å². The second-order valence-corrected chi connectivity index (χ2v) is 7.90. The van der Waals surface area contributed by atoms with Crippen LogP contribution >= 0.6 is 11.8 Å². The van der Waals surface area contributed by atoms with Gasteiger partial charge in [-0.2, -0.15) is 0 Å². The Morgan fingerprint density at radius 3 is 2.97 bits per heavy atom. The predicted molar refractivity (Wildman–Crippen MR) is 115 cm³/mol. The molecule has 1 aliphatic heterocycles. The molecule has 3 amide bonds. The van der Waals surface area contributed by atoms with Crippen LogP contribution in [0.5, 0.6) is 0 Å². The van der Waals surface area contributed by atoms with Gasteiger partial charge < -0.3 is 9.73 Å². The van der Waals surface area contributed by atoms with Crippen LogP contribution in [0, 0.1) is 6.92 Å². The lowest BCUT2D eigenvalue weighted by atomic mass is 10.1. The number of nitrogens with one attached hydrogen (secondary N) is 1. The first-order valence-corrected chi connectivity index (χ1v) is 10.2. The molecule has 0 atom stereocenters. The SMILES string of the molecule is Cc1ccc2c(CC(=O)NCCN3C(=O)S/C(=C\c4cccnc4)C3=O)coc2c1. The molecule has 1 N–H and O–H groups in total. The molecule has 0 aliphatic carbocycles. The lowest BCUT2D eigenvalue weighted by Crippen LogP contribution is -2.37. The first-order valence-electron chi connectivity index (χ1n) is 9.40. The molecule has 0 bridgehead atoms. The van der Waals surface area contributed by atoms with E-state index in [1.807, 2.05) is 31.2 Å². The fraction of sp³-hybridized carbons (Fsp3) is 0.182. The zero-order valence-electron chi connectivity index (χ0n) is 16.3. The fourth-order valence-electron chi connectivity index (χ4n) is 3.18. The molecule has 0 unspecified atom stereocenters. The van der Waals surface area contributed by atoms with Crippen molar-refractivity contribution in [3.05, 3.63) is 70.6 Å². The molecule has 0 saturated carbocycles. The number of nitrogens with zero attached hydrogens (tertiary/aromatic N) is 2. The van der Waals surface area contributed by atoms with Crippen molar-refractivity contribution in [1.29, 1.82) is 0 Å². The minimum absolute atomic E-state index is 0.117. The quantitative estimate of drug-likeness (QED) is 0.612. The largest absolute Gasteiger partial charge is 0.464 e. The lowest BCUT2D eigenvalue weighted by Gasteiger charge is -2.12. The Morgan fingerprint density at radius 2 is 2.17 bits per heavy atom. The van der Waals surface area contributed by atoms with Crippen molar-refractivity contribution in [1.82, 2.24) is 15.2 Å². The van der Waals surface area contributed by atoms with E-state index in [2.05, 4.69) is 10.3 Å². The number of benzene rings is 1. The molecular formula is C22H19N3O4S. The van der Waals surface area contributed by atoms with Crippen molar-refractivity contribution in [3.63, 3.8) is 0 Å². The Bertz CT molecular complexity index is 1150. The van der Waals surface area contributed by atoms with E-state index in [4.69, 9.17) is 4.42 Å². The molecule has 30 heavy (non-hydrogen) atoms. The molecule has 1 aliphatic rings. The number of aromatic nitrogens is 1. The number of carbonyl (C=O) groups is 3. The van der Waals surface area contributed by atoms with E-state index in [1.165, 1.54) is 0 Å². The number of fused-ring (bicyclic) bond motifs is 1. The topological polar surface area (TPSA) is 92.5 Å². The van der Waals surface area contributed by atoms with Crippen LogP contribution in [0.15, 0.2) is 58.3 Å². The van der Waals surface area contributed by atoms with E-state index < -0.39 is 0 Å². The van der Waals surface area contributed by atoms with Crippen LogP contribution in [0.25, 0.3) is 17.0 Å². The molecule has 2 aromatic heterocycles. The standard InChI is InChI=1S/C22H19N3O4S/c1-14-4-5-17-16(13-29-18(17)9-14)11-20(26)24-7-8-25-21(27)19(30-22(25)28)10-15-3-2-6-23-12-15/h2-6,9-10,12-13H,7-8,11H2,1H3,(H,24,26)/b19-10-. The van der Waals surface area contributed by atoms with Gasteiger partial charge in [-0.1, -0.05) is 18.2 Å². The molecule has 7 nitrogen and oxygen atoms in total. The van der Waals surface area contributed by atoms with Crippen molar-refractivity contribution in [2.45, 2.75) is 13.3 Å². The summed E-state index contributed by atoms with van der Waals surface area (Å²) < 4.78 is 5.51. The molecule has 8 heteroatoms. The van der Waals surface area contributed by atoms with Gasteiger partial charge in [0, 0.05) is 36.4 Å². The zero-order chi connectivity index (χ0) is 21.1. The highest BCUT2D eigenvalue weighted by molar-refractivity contribution is 8.18. The highest BCUT2D eigenvalue weighted by Crippen LogP contribution is 2.31. The van der Waals surface area contributed by atoms with E-state index in [-0.39, 0.29) is 36.6 Å². The van der Waals surface area contributed by atoms with Gasteiger partial charge >= 0.3 is 0 Å². The zero-order valence-corrected chi connectivity index (χ0v) is 17.1. The average molecular weight is 421 g/mol. The number of amides is 3. The van der Waals surface area contributed by atoms with Gasteiger partial charge in [0.1, 0.15) is 5.58 Å². The number of carbonyl (C=O) groups excluding carboxylic acids is 3. The van der Waals surface area contributed by atoms with Crippen LogP contribution in [0.4, 0.5) is 4.79 Å². The van der Waals surface area contributed by atoms with E-state index >= 15 is 0 Å². The molecule has 0 spiro atoms. The Balaban J connectivity index is 1.32. The van der Waals surface area contributed by atoms with E-state index in [0.717, 1.165) is 44.3 Å². The third kappa shape index (κ3) is 4.28. The van der Waals surface area contributed by atoms with Gasteiger partial charge in [-0.15, -0.1) is 0 Å². The number of furan rings is 1. The number of hydrogen-bond donors (Lipinski definition) is 1. The molecule has 152 valence electrons. The Kier molecular flexibility index (Phi) is 5.67. The van der Waals surface area contributed by atoms with Crippen LogP contribution < -0.4 is 5.32 Å². The predicted octanol–water partition coefficient (Wildman–Crippen LogP) is 3.53. The van der Waals surface area contributed by atoms with Crippen LogP contribution in [0.2, 0.25) is 0 Å². The second-order valence-electron chi connectivity index (χ2n) is 6.91. The number of imide groups is 1. The number of thioether (sulfide) groups is 1. The Labute approximate surface area is 177 Å². The summed E-state index contributed by atoms with van der Waals surface area (Å²) in [5.41, 5.74) is 3.38. The van der Waals surface area contributed by atoms with Gasteiger partial charge in [-0.3, -0.25) is 24.3 Å². The van der Waals surface area contributed by atoms with Crippen LogP contribution in [0.3, 0.4) is 0 Å². The maximum atomic E-state index is 12.5. The van der Waals surface area contributed by atoms with Gasteiger partial charge in [0.05, 0.1) is 17.6 Å². The Morgan fingerprint density at radius 1 is 1.30 bits per heavy atom. The van der Waals surface area contributed by atoms with Crippen molar-refractivity contribution in [2.75, 3.05) is 13.1 Å². The number of hydrogen-bond acceptors (Lipinski definition) is 6. The molecule has 0 radical (unpaired) electrons. The molecule has 1 saturated heterocycles. The summed E-state index contributed by atoms with van der Waals surface area (Å²) in [6.07, 6.45) is 6.65. The maximum Gasteiger partial charge on any atom is 0.293 e. The lowest BCUT2D eigenvalue weighted by molar-refractivity contribution is -0.124. The molecule has 3 aromatic rings. The third-order valence-corrected chi connectivity index (χ3v) is 5.58. The van der Waals surface area contributed by atoms with Gasteiger partial charge in [-0.05, 0) is 48.0 Å². The maximum absolute atomic E-state index is 12.5. The van der Waals surface area contributed by atoms with Crippen molar-refractivity contribution in [2.24, 2.45) is 0 Å². The molecular weight excluding hydrogens is 402 g/mol. The summed E-state index contributed by atoms with van der Waals surface area (Å²) in [5, 5.41) is 3.32. The summed E-state index contributed by atoms with van der Waals surface area (Å²) in [5.74, 6) is -0.560. The minimum Gasteiger partial charge on any atom is -0.464 e. The van der Waals surface area contributed by atoms with Gasteiger partial charge in [0.25, 0.3) is 11.1 Å². The third-order valence-electron chi connectivity index (χ3n) is 4.68. The molecule has 4 rings (SSSR count). The highest BCUT2D eigenvalue weighted by atomic mass is 32.2. The van der Waals surface area contributed by atoms with Crippen LogP contribution in [-0.2, 0) is 16.0 Å². The number of aryl methyl sites for hydroxylation is 1. The summed E-state index contributed by atoms with van der Waals surface area (Å²) >= 11 is 0.887. The van der Waals surface area contributed by atoms with E-state index in [0.29, 0.717) is 4.91 Å². The molecule has 3 heterocycles. The fourth-order valence-corrected chi connectivity index (χ4v) is 4.04. The summed E-state index contributed by atoms with van der Waals surface area (Å²) in [6.45, 7) is 2.28. The molecule has 1 aromatic carbocycles. The summed E-state index contributed by atoms with van der Waals surface area (Å²) in [7, 11) is 0. The monoisotopic (exact) mass is 421 g/mol. The molecule has 1 fully saturated rings. The van der Waals surface area contributed by atoms with Crippen LogP contribution in [0.1, 0.15) is 16.7 Å². The van der Waals surface area contributed by atoms with E-state index in [1.54, 1.807) is 30.8 Å². The second kappa shape index (κ2) is 8.54. The van der Waals surface area contributed by atoms with Crippen molar-refractivity contribution in [3.8, 4) is 0 Å².